The first kappa shape index (κ1) is 14.1. The monoisotopic (exact) mass is 276 g/mol. The maximum Gasteiger partial charge on any atom is 0.250 e. The van der Waals surface area contributed by atoms with Gasteiger partial charge in [-0.25, -0.2) is 13.1 Å². The van der Waals surface area contributed by atoms with Gasteiger partial charge in [0.05, 0.1) is 12.0 Å². The molecule has 0 aliphatic heterocycles. The summed E-state index contributed by atoms with van der Waals surface area (Å²) in [5.41, 5.74) is 0. The standard InChI is InChI=1S/C10H15NO4S2/c1-7(2)6-8(10(12)13)11-17(14,15)9-4-3-5-16-9/h3-5,7-8,11H,6H2,1-2H3,(H,12,13)/p-1/t8-/m1/s1. The van der Waals surface area contributed by atoms with Crippen molar-refractivity contribution in [1.82, 2.24) is 4.72 Å². The third-order valence-corrected chi connectivity index (χ3v) is 4.92. The van der Waals surface area contributed by atoms with E-state index in [1.165, 1.54) is 6.07 Å². The Hall–Kier alpha value is -0.920. The number of rotatable bonds is 6. The number of hydrogen-bond acceptors (Lipinski definition) is 5. The Kier molecular flexibility index (Phi) is 4.67. The molecule has 0 aliphatic rings. The minimum atomic E-state index is -3.76. The van der Waals surface area contributed by atoms with E-state index in [0.29, 0.717) is 0 Å². The van der Waals surface area contributed by atoms with Crippen molar-refractivity contribution >= 4 is 27.3 Å². The van der Waals surface area contributed by atoms with Crippen LogP contribution in [0, 0.1) is 5.92 Å². The van der Waals surface area contributed by atoms with Crippen LogP contribution in [0.15, 0.2) is 21.7 Å². The molecule has 7 heteroatoms. The molecule has 1 rings (SSSR count). The van der Waals surface area contributed by atoms with Crippen molar-refractivity contribution in [3.63, 3.8) is 0 Å². The Balaban J connectivity index is 2.84. The quantitative estimate of drug-likeness (QED) is 0.803. The number of carboxylic acid groups (broad SMARTS) is 1. The molecule has 1 N–H and O–H groups in total. The number of aliphatic carboxylic acids is 1. The molecule has 0 saturated heterocycles. The van der Waals surface area contributed by atoms with Crippen molar-refractivity contribution in [2.24, 2.45) is 5.92 Å². The Morgan fingerprint density at radius 3 is 2.59 bits per heavy atom. The van der Waals surface area contributed by atoms with Gasteiger partial charge in [-0.2, -0.15) is 0 Å². The van der Waals surface area contributed by atoms with Crippen LogP contribution in [-0.2, 0) is 14.8 Å². The minimum absolute atomic E-state index is 0.0592. The summed E-state index contributed by atoms with van der Waals surface area (Å²) in [5, 5.41) is 12.5. The summed E-state index contributed by atoms with van der Waals surface area (Å²) >= 11 is 1.04. The van der Waals surface area contributed by atoms with Gasteiger partial charge in [-0.1, -0.05) is 19.9 Å². The molecule has 1 aromatic heterocycles. The van der Waals surface area contributed by atoms with Gasteiger partial charge in [0.2, 0.25) is 0 Å². The molecule has 0 fully saturated rings. The molecule has 5 nitrogen and oxygen atoms in total. The summed E-state index contributed by atoms with van der Waals surface area (Å²) < 4.78 is 25.8. The molecule has 0 aliphatic carbocycles. The highest BCUT2D eigenvalue weighted by atomic mass is 32.2. The highest BCUT2D eigenvalue weighted by Gasteiger charge is 2.22. The molecule has 96 valence electrons. The maximum absolute atomic E-state index is 11.8. The fourth-order valence-electron chi connectivity index (χ4n) is 1.33. The Morgan fingerprint density at radius 1 is 1.53 bits per heavy atom. The topological polar surface area (TPSA) is 86.3 Å². The van der Waals surface area contributed by atoms with E-state index in [0.717, 1.165) is 11.3 Å². The maximum atomic E-state index is 11.8. The average Bonchev–Trinajstić information content (AvgIpc) is 2.68. The van der Waals surface area contributed by atoms with Crippen molar-refractivity contribution in [2.75, 3.05) is 0 Å². The molecule has 0 aromatic carbocycles. The Morgan fingerprint density at radius 2 is 2.18 bits per heavy atom. The zero-order valence-corrected chi connectivity index (χ0v) is 11.2. The number of carbonyl (C=O) groups excluding carboxylic acids is 1. The molecule has 0 amide bonds. The van der Waals surface area contributed by atoms with Crippen LogP contribution in [-0.4, -0.2) is 20.4 Å². The average molecular weight is 276 g/mol. The zero-order valence-electron chi connectivity index (χ0n) is 9.54. The van der Waals surface area contributed by atoms with E-state index in [9.17, 15) is 18.3 Å². The third kappa shape index (κ3) is 4.10. The summed E-state index contributed by atoms with van der Waals surface area (Å²) in [5.74, 6) is -1.34. The molecular weight excluding hydrogens is 262 g/mol. The lowest BCUT2D eigenvalue weighted by Gasteiger charge is -2.20. The molecule has 1 aromatic rings. The number of thiophene rings is 1. The second kappa shape index (κ2) is 5.61. The molecule has 0 saturated carbocycles. The summed E-state index contributed by atoms with van der Waals surface area (Å²) in [7, 11) is -3.76. The van der Waals surface area contributed by atoms with Gasteiger partial charge in [0.15, 0.2) is 0 Å². The molecular formula is C10H14NO4S2-. The van der Waals surface area contributed by atoms with E-state index in [-0.39, 0.29) is 16.5 Å². The molecule has 0 spiro atoms. The first-order chi connectivity index (χ1) is 7.83. The minimum Gasteiger partial charge on any atom is -0.548 e. The third-order valence-electron chi connectivity index (χ3n) is 2.05. The van der Waals surface area contributed by atoms with Crippen LogP contribution in [0.4, 0.5) is 0 Å². The number of carbonyl (C=O) groups is 1. The van der Waals surface area contributed by atoms with Crippen molar-refractivity contribution in [3.8, 4) is 0 Å². The van der Waals surface area contributed by atoms with Crippen molar-refractivity contribution in [1.29, 1.82) is 0 Å². The van der Waals surface area contributed by atoms with Gasteiger partial charge in [0, 0.05) is 0 Å². The first-order valence-corrected chi connectivity index (χ1v) is 7.46. The van der Waals surface area contributed by atoms with Gasteiger partial charge in [0.1, 0.15) is 4.21 Å². The van der Waals surface area contributed by atoms with Gasteiger partial charge in [-0.05, 0) is 23.8 Å². The van der Waals surface area contributed by atoms with E-state index < -0.39 is 22.0 Å². The Labute approximate surface area is 105 Å². The number of hydrogen-bond donors (Lipinski definition) is 1. The molecule has 1 heterocycles. The molecule has 0 radical (unpaired) electrons. The summed E-state index contributed by atoms with van der Waals surface area (Å²) in [6.07, 6.45) is 0.201. The lowest BCUT2D eigenvalue weighted by molar-refractivity contribution is -0.308. The van der Waals surface area contributed by atoms with Crippen LogP contribution in [0.2, 0.25) is 0 Å². The molecule has 0 unspecified atom stereocenters. The highest BCUT2D eigenvalue weighted by molar-refractivity contribution is 7.91. The Bertz CT molecular complexity index is 465. The largest absolute Gasteiger partial charge is 0.548 e. The smallest absolute Gasteiger partial charge is 0.250 e. The van der Waals surface area contributed by atoms with Gasteiger partial charge in [0.25, 0.3) is 10.0 Å². The highest BCUT2D eigenvalue weighted by Crippen LogP contribution is 2.17. The lowest BCUT2D eigenvalue weighted by Crippen LogP contribution is -2.48. The van der Waals surface area contributed by atoms with E-state index in [4.69, 9.17) is 0 Å². The molecule has 1 atom stereocenters. The van der Waals surface area contributed by atoms with Gasteiger partial charge in [-0.3, -0.25) is 0 Å². The molecule has 0 bridgehead atoms. The van der Waals surface area contributed by atoms with Crippen LogP contribution in [0.25, 0.3) is 0 Å². The first-order valence-electron chi connectivity index (χ1n) is 5.09. The summed E-state index contributed by atoms with van der Waals surface area (Å²) in [6.45, 7) is 3.63. The summed E-state index contributed by atoms with van der Waals surface area (Å²) in [4.78, 5) is 10.8. The van der Waals surface area contributed by atoms with Crippen LogP contribution in [0.1, 0.15) is 20.3 Å². The normalized spacial score (nSPS) is 13.8. The number of nitrogens with one attached hydrogen (secondary N) is 1. The van der Waals surface area contributed by atoms with Crippen LogP contribution in [0.3, 0.4) is 0 Å². The van der Waals surface area contributed by atoms with Crippen LogP contribution in [0.5, 0.6) is 0 Å². The predicted octanol–water partition coefficient (Wildman–Crippen LogP) is 0.191. The summed E-state index contributed by atoms with van der Waals surface area (Å²) in [6, 6.07) is 1.83. The SMILES string of the molecule is CC(C)C[C@@H](NS(=O)(=O)c1cccs1)C(=O)[O-]. The number of sulfonamides is 1. The predicted molar refractivity (Wildman–Crippen MR) is 62.9 cm³/mol. The number of carboxylic acids is 1. The van der Waals surface area contributed by atoms with Gasteiger partial charge >= 0.3 is 0 Å². The van der Waals surface area contributed by atoms with E-state index >= 15 is 0 Å². The van der Waals surface area contributed by atoms with Crippen LogP contribution >= 0.6 is 11.3 Å². The van der Waals surface area contributed by atoms with Crippen LogP contribution < -0.4 is 9.83 Å². The van der Waals surface area contributed by atoms with Crippen molar-refractivity contribution in [2.45, 2.75) is 30.5 Å². The van der Waals surface area contributed by atoms with E-state index in [1.807, 2.05) is 13.8 Å². The molecule has 17 heavy (non-hydrogen) atoms. The fourth-order valence-corrected chi connectivity index (χ4v) is 3.53. The van der Waals surface area contributed by atoms with Crippen molar-refractivity contribution < 1.29 is 18.3 Å². The van der Waals surface area contributed by atoms with Gasteiger partial charge < -0.3 is 9.90 Å². The lowest BCUT2D eigenvalue weighted by atomic mass is 10.1. The second-order valence-corrected chi connectivity index (χ2v) is 6.94. The van der Waals surface area contributed by atoms with Crippen molar-refractivity contribution in [3.05, 3.63) is 17.5 Å². The van der Waals surface area contributed by atoms with E-state index in [2.05, 4.69) is 4.72 Å². The van der Waals surface area contributed by atoms with Gasteiger partial charge in [-0.15, -0.1) is 11.3 Å². The second-order valence-electron chi connectivity index (χ2n) is 4.05. The zero-order chi connectivity index (χ0) is 13.1. The van der Waals surface area contributed by atoms with E-state index in [1.54, 1.807) is 11.4 Å². The fraction of sp³-hybridized carbons (Fsp3) is 0.500.